The zero-order valence-corrected chi connectivity index (χ0v) is 16.7. The zero-order chi connectivity index (χ0) is 20.4. The van der Waals surface area contributed by atoms with Gasteiger partial charge in [-0.1, -0.05) is 44.2 Å². The Morgan fingerprint density at radius 2 is 1.85 bits per heavy atom. The highest BCUT2D eigenvalue weighted by Gasteiger charge is 2.49. The molecule has 0 aliphatic heterocycles. The number of ketones is 1. The summed E-state index contributed by atoms with van der Waals surface area (Å²) >= 11 is 0. The fraction of sp³-hybridized carbons (Fsp3) is 0.391. The van der Waals surface area contributed by atoms with Crippen LogP contribution in [0.25, 0.3) is 0 Å². The topological polar surface area (TPSA) is 74.6 Å². The molecule has 0 saturated heterocycles. The normalized spacial score (nSPS) is 23.2. The standard InChI is InChI=1S/C23H28O4/c1-15(12-21(25)26)10-11-23(27)17(3)19(20(24)14-22(23,4)5)13-18-9-7-6-8-16(18)2/h6-12,27H,13-14H2,1-5H3,(H,25,26)/t23-/m1/s1. The van der Waals surface area contributed by atoms with E-state index in [1.807, 2.05) is 45.0 Å². The largest absolute Gasteiger partial charge is 0.478 e. The fourth-order valence-electron chi connectivity index (χ4n) is 3.67. The molecule has 0 amide bonds. The van der Waals surface area contributed by atoms with Gasteiger partial charge in [0.2, 0.25) is 0 Å². The Bertz CT molecular complexity index is 855. The number of aliphatic carboxylic acids is 1. The summed E-state index contributed by atoms with van der Waals surface area (Å²) in [7, 11) is 0. The number of hydrogen-bond donors (Lipinski definition) is 2. The molecule has 0 saturated carbocycles. The third-order valence-corrected chi connectivity index (χ3v) is 5.56. The maximum atomic E-state index is 12.8. The van der Waals surface area contributed by atoms with E-state index in [4.69, 9.17) is 5.11 Å². The lowest BCUT2D eigenvalue weighted by Crippen LogP contribution is -2.49. The van der Waals surface area contributed by atoms with Crippen LogP contribution < -0.4 is 0 Å². The first-order valence-electron chi connectivity index (χ1n) is 9.09. The SMILES string of the molecule is CC(C=C[C@@]1(O)C(C)=C(Cc2ccccc2C)C(=O)CC1(C)C)=CC(=O)O. The van der Waals surface area contributed by atoms with Crippen LogP contribution in [0.4, 0.5) is 0 Å². The van der Waals surface area contributed by atoms with Crippen LogP contribution in [0.2, 0.25) is 0 Å². The van der Waals surface area contributed by atoms with E-state index in [1.165, 1.54) is 0 Å². The van der Waals surface area contributed by atoms with E-state index in [0.29, 0.717) is 23.1 Å². The minimum Gasteiger partial charge on any atom is -0.478 e. The molecule has 0 aromatic heterocycles. The molecule has 144 valence electrons. The first-order chi connectivity index (χ1) is 12.5. The Labute approximate surface area is 160 Å². The van der Waals surface area contributed by atoms with Gasteiger partial charge in [-0.3, -0.25) is 4.79 Å². The number of rotatable bonds is 5. The van der Waals surface area contributed by atoms with E-state index in [9.17, 15) is 14.7 Å². The first kappa shape index (κ1) is 20.8. The molecular formula is C23H28O4. The van der Waals surface area contributed by atoms with Gasteiger partial charge in [0, 0.05) is 29.9 Å². The van der Waals surface area contributed by atoms with E-state index < -0.39 is 17.0 Å². The Morgan fingerprint density at radius 3 is 2.44 bits per heavy atom. The van der Waals surface area contributed by atoms with Crippen LogP contribution in [0, 0.1) is 12.3 Å². The van der Waals surface area contributed by atoms with Crippen LogP contribution >= 0.6 is 0 Å². The second kappa shape index (κ2) is 7.65. The van der Waals surface area contributed by atoms with Gasteiger partial charge in [0.25, 0.3) is 0 Å². The molecule has 0 heterocycles. The molecule has 1 atom stereocenters. The van der Waals surface area contributed by atoms with Gasteiger partial charge in [0.1, 0.15) is 5.60 Å². The highest BCUT2D eigenvalue weighted by Crippen LogP contribution is 2.47. The molecule has 27 heavy (non-hydrogen) atoms. The number of aliphatic hydroxyl groups is 1. The molecule has 0 spiro atoms. The molecule has 0 bridgehead atoms. The molecule has 0 fully saturated rings. The summed E-state index contributed by atoms with van der Waals surface area (Å²) in [6, 6.07) is 7.91. The fourth-order valence-corrected chi connectivity index (χ4v) is 3.67. The summed E-state index contributed by atoms with van der Waals surface area (Å²) in [5.41, 5.74) is 1.94. The summed E-state index contributed by atoms with van der Waals surface area (Å²) in [6.45, 7) is 9.20. The number of allylic oxidation sites excluding steroid dienone is 3. The van der Waals surface area contributed by atoms with Crippen molar-refractivity contribution in [2.24, 2.45) is 5.41 Å². The monoisotopic (exact) mass is 368 g/mol. The summed E-state index contributed by atoms with van der Waals surface area (Å²) in [5.74, 6) is -0.980. The number of carbonyl (C=O) groups excluding carboxylic acids is 1. The molecule has 1 aliphatic rings. The van der Waals surface area contributed by atoms with E-state index in [2.05, 4.69) is 0 Å². The van der Waals surface area contributed by atoms with Crippen molar-refractivity contribution in [2.45, 2.75) is 53.1 Å². The highest BCUT2D eigenvalue weighted by atomic mass is 16.4. The quantitative estimate of drug-likeness (QED) is 0.604. The number of hydrogen-bond acceptors (Lipinski definition) is 3. The van der Waals surface area contributed by atoms with Crippen LogP contribution in [-0.4, -0.2) is 27.6 Å². The van der Waals surface area contributed by atoms with Crippen molar-refractivity contribution in [1.82, 2.24) is 0 Å². The minimum absolute atomic E-state index is 0.0524. The van der Waals surface area contributed by atoms with Crippen molar-refractivity contribution in [3.8, 4) is 0 Å². The van der Waals surface area contributed by atoms with Gasteiger partial charge in [0.15, 0.2) is 5.78 Å². The van der Waals surface area contributed by atoms with Gasteiger partial charge in [-0.25, -0.2) is 4.79 Å². The summed E-state index contributed by atoms with van der Waals surface area (Å²) in [4.78, 5) is 23.7. The van der Waals surface area contributed by atoms with Crippen LogP contribution in [0.15, 0.2) is 59.2 Å². The number of carbonyl (C=O) groups is 2. The van der Waals surface area contributed by atoms with Crippen LogP contribution in [0.3, 0.4) is 0 Å². The number of Topliss-reactive ketones (excluding diaryl/α,β-unsaturated/α-hetero) is 1. The van der Waals surface area contributed by atoms with Crippen molar-refractivity contribution >= 4 is 11.8 Å². The van der Waals surface area contributed by atoms with Gasteiger partial charge in [-0.05, 0) is 49.1 Å². The third kappa shape index (κ3) is 4.28. The lowest BCUT2D eigenvalue weighted by molar-refractivity contribution is -0.131. The second-order valence-electron chi connectivity index (χ2n) is 8.02. The summed E-state index contributed by atoms with van der Waals surface area (Å²) in [5, 5.41) is 20.4. The highest BCUT2D eigenvalue weighted by molar-refractivity contribution is 5.99. The number of aryl methyl sites for hydroxylation is 1. The summed E-state index contributed by atoms with van der Waals surface area (Å²) < 4.78 is 0. The van der Waals surface area contributed by atoms with Crippen molar-refractivity contribution in [3.63, 3.8) is 0 Å². The van der Waals surface area contributed by atoms with E-state index >= 15 is 0 Å². The molecule has 2 N–H and O–H groups in total. The zero-order valence-electron chi connectivity index (χ0n) is 16.7. The smallest absolute Gasteiger partial charge is 0.328 e. The third-order valence-electron chi connectivity index (χ3n) is 5.56. The minimum atomic E-state index is -1.33. The van der Waals surface area contributed by atoms with Crippen molar-refractivity contribution in [2.75, 3.05) is 0 Å². The molecule has 4 heteroatoms. The first-order valence-corrected chi connectivity index (χ1v) is 9.09. The number of carboxylic acid groups (broad SMARTS) is 1. The predicted molar refractivity (Wildman–Crippen MR) is 106 cm³/mol. The van der Waals surface area contributed by atoms with E-state index in [0.717, 1.165) is 17.2 Å². The molecular weight excluding hydrogens is 340 g/mol. The average molecular weight is 368 g/mol. The maximum absolute atomic E-state index is 12.8. The molecule has 0 radical (unpaired) electrons. The molecule has 1 aromatic rings. The average Bonchev–Trinajstić information content (AvgIpc) is 2.56. The van der Waals surface area contributed by atoms with Gasteiger partial charge >= 0.3 is 5.97 Å². The molecule has 0 unspecified atom stereocenters. The lowest BCUT2D eigenvalue weighted by Gasteiger charge is -2.46. The number of carboxylic acids is 1. The van der Waals surface area contributed by atoms with Crippen molar-refractivity contribution in [1.29, 1.82) is 0 Å². The van der Waals surface area contributed by atoms with Crippen LogP contribution in [-0.2, 0) is 16.0 Å². The molecule has 4 nitrogen and oxygen atoms in total. The van der Waals surface area contributed by atoms with Crippen LogP contribution in [0.5, 0.6) is 0 Å². The Balaban J connectivity index is 2.52. The lowest BCUT2D eigenvalue weighted by atomic mass is 9.62. The molecule has 2 rings (SSSR count). The van der Waals surface area contributed by atoms with E-state index in [-0.39, 0.29) is 12.2 Å². The van der Waals surface area contributed by atoms with Crippen molar-refractivity contribution < 1.29 is 19.8 Å². The molecule has 1 aliphatic carbocycles. The van der Waals surface area contributed by atoms with Gasteiger partial charge in [0.05, 0.1) is 0 Å². The second-order valence-corrected chi connectivity index (χ2v) is 8.02. The molecule has 1 aromatic carbocycles. The van der Waals surface area contributed by atoms with Crippen LogP contribution in [0.1, 0.15) is 45.2 Å². The predicted octanol–water partition coefficient (Wildman–Crippen LogP) is 4.17. The Kier molecular flexibility index (Phi) is 5.91. The Hall–Kier alpha value is -2.46. The maximum Gasteiger partial charge on any atom is 0.328 e. The number of benzene rings is 1. The van der Waals surface area contributed by atoms with Crippen molar-refractivity contribution in [3.05, 3.63) is 70.3 Å². The van der Waals surface area contributed by atoms with E-state index in [1.54, 1.807) is 26.0 Å². The van der Waals surface area contributed by atoms with Gasteiger partial charge < -0.3 is 10.2 Å². The Morgan fingerprint density at radius 1 is 1.22 bits per heavy atom. The summed E-state index contributed by atoms with van der Waals surface area (Å²) in [6.07, 6.45) is 5.04. The van der Waals surface area contributed by atoms with Gasteiger partial charge in [-0.2, -0.15) is 0 Å². The van der Waals surface area contributed by atoms with Gasteiger partial charge in [-0.15, -0.1) is 0 Å².